The zero-order valence-electron chi connectivity index (χ0n) is 17.6. The van der Waals surface area contributed by atoms with E-state index >= 15 is 0 Å². The van der Waals surface area contributed by atoms with Gasteiger partial charge in [-0.2, -0.15) is 0 Å². The lowest BCUT2D eigenvalue weighted by Gasteiger charge is -2.27. The van der Waals surface area contributed by atoms with Crippen molar-refractivity contribution in [2.75, 3.05) is 13.2 Å². The first kappa shape index (κ1) is 27.7. The van der Waals surface area contributed by atoms with Gasteiger partial charge in [0.25, 0.3) is 0 Å². The number of nitrogens with one attached hydrogen (secondary N) is 3. The number of aliphatic hydroxyl groups is 2. The summed E-state index contributed by atoms with van der Waals surface area (Å²) < 4.78 is 0. The minimum absolute atomic E-state index is 0.176. The van der Waals surface area contributed by atoms with E-state index < -0.39 is 60.6 Å². The molecule has 0 aromatic rings. The first-order valence-corrected chi connectivity index (χ1v) is 9.84. The highest BCUT2D eigenvalue weighted by Crippen LogP contribution is 2.07. The molecule has 5 atom stereocenters. The Hall–Kier alpha value is -2.28. The molecule has 0 aromatic carbocycles. The standard InChI is InChI=1S/C18H35N5O7/c1-9(2)13(22-15(26)11(20)8-24)17(28)21-12(6-4-5-7-19)16(27)23-14(10(3)25)18(29)30/h9-14,24-25H,4-8,19-20H2,1-3H3,(H,21,28)(H,22,26)(H,23,27)(H,29,30). The molecule has 0 radical (unpaired) electrons. The number of carbonyl (C=O) groups excluding carboxylic acids is 3. The Bertz CT molecular complexity index is 585. The van der Waals surface area contributed by atoms with Crippen LogP contribution in [-0.4, -0.2) is 82.4 Å². The van der Waals surface area contributed by atoms with Crippen LogP contribution in [0, 0.1) is 5.92 Å². The molecule has 0 bridgehead atoms. The first-order chi connectivity index (χ1) is 14.0. The van der Waals surface area contributed by atoms with E-state index in [1.807, 2.05) is 0 Å². The van der Waals surface area contributed by atoms with Crippen LogP contribution in [0.3, 0.4) is 0 Å². The van der Waals surface area contributed by atoms with Crippen LogP contribution >= 0.6 is 0 Å². The van der Waals surface area contributed by atoms with E-state index in [4.69, 9.17) is 21.7 Å². The molecule has 12 heteroatoms. The van der Waals surface area contributed by atoms with Crippen LogP contribution in [-0.2, 0) is 19.2 Å². The molecule has 0 fully saturated rings. The third-order valence-corrected chi connectivity index (χ3v) is 4.41. The summed E-state index contributed by atoms with van der Waals surface area (Å²) in [5, 5.41) is 34.9. The number of nitrogens with two attached hydrogens (primary N) is 2. The summed E-state index contributed by atoms with van der Waals surface area (Å²) in [6.45, 7) is 4.34. The van der Waals surface area contributed by atoms with Crippen molar-refractivity contribution >= 4 is 23.7 Å². The van der Waals surface area contributed by atoms with Crippen LogP contribution in [0.15, 0.2) is 0 Å². The van der Waals surface area contributed by atoms with E-state index in [1.54, 1.807) is 13.8 Å². The fourth-order valence-corrected chi connectivity index (χ4v) is 2.54. The second kappa shape index (κ2) is 13.9. The summed E-state index contributed by atoms with van der Waals surface area (Å²) in [6, 6.07) is -4.89. The highest BCUT2D eigenvalue weighted by molar-refractivity contribution is 5.94. The Morgan fingerprint density at radius 2 is 1.47 bits per heavy atom. The molecule has 0 saturated carbocycles. The summed E-state index contributed by atoms with van der Waals surface area (Å²) >= 11 is 0. The molecule has 174 valence electrons. The van der Waals surface area contributed by atoms with Gasteiger partial charge in [0.15, 0.2) is 6.04 Å². The predicted molar refractivity (Wildman–Crippen MR) is 108 cm³/mol. The number of aliphatic hydroxyl groups excluding tert-OH is 2. The van der Waals surface area contributed by atoms with Gasteiger partial charge in [0.05, 0.1) is 12.7 Å². The number of aliphatic carboxylic acids is 1. The van der Waals surface area contributed by atoms with Gasteiger partial charge in [0.2, 0.25) is 17.7 Å². The minimum atomic E-state index is -1.55. The molecular formula is C18H35N5O7. The summed E-state index contributed by atoms with van der Waals surface area (Å²) in [6.07, 6.45) is -0.117. The third-order valence-electron chi connectivity index (χ3n) is 4.41. The number of unbranched alkanes of at least 4 members (excludes halogenated alkanes) is 1. The van der Waals surface area contributed by atoms with Crippen molar-refractivity contribution in [2.45, 2.75) is 70.3 Å². The van der Waals surface area contributed by atoms with Gasteiger partial charge in [0, 0.05) is 0 Å². The average Bonchev–Trinajstić information content (AvgIpc) is 2.67. The Labute approximate surface area is 175 Å². The molecule has 12 nitrogen and oxygen atoms in total. The maximum absolute atomic E-state index is 12.7. The fraction of sp³-hybridized carbons (Fsp3) is 0.778. The van der Waals surface area contributed by atoms with E-state index in [1.165, 1.54) is 6.92 Å². The summed E-state index contributed by atoms with van der Waals surface area (Å²) in [5.74, 6) is -3.96. The third kappa shape index (κ3) is 9.48. The monoisotopic (exact) mass is 433 g/mol. The normalized spacial score (nSPS) is 16.1. The largest absolute Gasteiger partial charge is 0.480 e. The first-order valence-electron chi connectivity index (χ1n) is 9.84. The van der Waals surface area contributed by atoms with E-state index in [0.29, 0.717) is 19.4 Å². The van der Waals surface area contributed by atoms with Crippen molar-refractivity contribution in [3.63, 3.8) is 0 Å². The number of hydrogen-bond acceptors (Lipinski definition) is 8. The molecule has 0 rings (SSSR count). The van der Waals surface area contributed by atoms with Crippen LogP contribution in [0.1, 0.15) is 40.0 Å². The number of carboxylic acids is 1. The lowest BCUT2D eigenvalue weighted by atomic mass is 10.0. The summed E-state index contributed by atoms with van der Waals surface area (Å²) in [7, 11) is 0. The van der Waals surface area contributed by atoms with Gasteiger partial charge < -0.3 is 42.7 Å². The lowest BCUT2D eigenvalue weighted by molar-refractivity contribution is -0.145. The van der Waals surface area contributed by atoms with Crippen molar-refractivity contribution in [3.8, 4) is 0 Å². The lowest BCUT2D eigenvalue weighted by Crippen LogP contribution is -2.59. The summed E-state index contributed by atoms with van der Waals surface area (Å²) in [5.41, 5.74) is 10.9. The molecule has 0 saturated heterocycles. The van der Waals surface area contributed by atoms with Crippen molar-refractivity contribution < 1.29 is 34.5 Å². The molecule has 10 N–H and O–H groups in total. The molecule has 3 amide bonds. The maximum atomic E-state index is 12.7. The van der Waals surface area contributed by atoms with Crippen molar-refractivity contribution in [1.82, 2.24) is 16.0 Å². The minimum Gasteiger partial charge on any atom is -0.480 e. The molecule has 0 heterocycles. The second-order valence-electron chi connectivity index (χ2n) is 7.43. The molecule has 0 spiro atoms. The molecule has 0 aromatic heterocycles. The van der Waals surface area contributed by atoms with Gasteiger partial charge in [-0.05, 0) is 38.6 Å². The zero-order chi connectivity index (χ0) is 23.4. The Morgan fingerprint density at radius 1 is 0.900 bits per heavy atom. The fourth-order valence-electron chi connectivity index (χ4n) is 2.54. The van der Waals surface area contributed by atoms with Crippen LogP contribution in [0.5, 0.6) is 0 Å². The average molecular weight is 434 g/mol. The highest BCUT2D eigenvalue weighted by atomic mass is 16.4. The molecule has 0 aliphatic carbocycles. The molecule has 5 unspecified atom stereocenters. The van der Waals surface area contributed by atoms with Crippen molar-refractivity contribution in [3.05, 3.63) is 0 Å². The van der Waals surface area contributed by atoms with Gasteiger partial charge in [-0.25, -0.2) is 4.79 Å². The van der Waals surface area contributed by atoms with Gasteiger partial charge in [-0.15, -0.1) is 0 Å². The van der Waals surface area contributed by atoms with Crippen LogP contribution in [0.2, 0.25) is 0 Å². The van der Waals surface area contributed by atoms with Crippen molar-refractivity contribution in [2.24, 2.45) is 17.4 Å². The van der Waals surface area contributed by atoms with E-state index in [9.17, 15) is 24.3 Å². The number of rotatable bonds is 14. The number of amides is 3. The smallest absolute Gasteiger partial charge is 0.328 e. The van der Waals surface area contributed by atoms with Gasteiger partial charge in [0.1, 0.15) is 18.1 Å². The van der Waals surface area contributed by atoms with Crippen LogP contribution < -0.4 is 27.4 Å². The Kier molecular flexibility index (Phi) is 12.8. The quantitative estimate of drug-likeness (QED) is 0.131. The van der Waals surface area contributed by atoms with E-state index in [0.717, 1.165) is 0 Å². The van der Waals surface area contributed by atoms with Gasteiger partial charge in [-0.3, -0.25) is 14.4 Å². The van der Waals surface area contributed by atoms with Crippen LogP contribution in [0.4, 0.5) is 0 Å². The van der Waals surface area contributed by atoms with Crippen molar-refractivity contribution in [1.29, 1.82) is 0 Å². The number of hydrogen-bond donors (Lipinski definition) is 8. The van der Waals surface area contributed by atoms with Crippen LogP contribution in [0.25, 0.3) is 0 Å². The van der Waals surface area contributed by atoms with Gasteiger partial charge >= 0.3 is 5.97 Å². The van der Waals surface area contributed by atoms with E-state index in [-0.39, 0.29) is 12.3 Å². The summed E-state index contributed by atoms with van der Waals surface area (Å²) in [4.78, 5) is 48.5. The zero-order valence-corrected chi connectivity index (χ0v) is 17.6. The maximum Gasteiger partial charge on any atom is 0.328 e. The SMILES string of the molecule is CC(C)C(NC(=O)C(N)CO)C(=O)NC(CCCCN)C(=O)NC(C(=O)O)C(C)O. The van der Waals surface area contributed by atoms with E-state index in [2.05, 4.69) is 16.0 Å². The molecule has 0 aliphatic heterocycles. The second-order valence-corrected chi connectivity index (χ2v) is 7.43. The number of carboxylic acid groups (broad SMARTS) is 1. The topological polar surface area (TPSA) is 217 Å². The molecular weight excluding hydrogens is 398 g/mol. The Balaban J connectivity index is 5.39. The molecule has 0 aliphatic rings. The number of carbonyl (C=O) groups is 4. The van der Waals surface area contributed by atoms with Gasteiger partial charge in [-0.1, -0.05) is 13.8 Å². The highest BCUT2D eigenvalue weighted by Gasteiger charge is 2.32. The predicted octanol–water partition coefficient (Wildman–Crippen LogP) is -2.99. The molecule has 30 heavy (non-hydrogen) atoms. The Morgan fingerprint density at radius 3 is 1.90 bits per heavy atom.